The maximum atomic E-state index is 12.2. The number of anilines is 1. The van der Waals surface area contributed by atoms with Gasteiger partial charge in [-0.25, -0.2) is 0 Å². The first-order valence-electron chi connectivity index (χ1n) is 5.21. The molecule has 0 aliphatic heterocycles. The summed E-state index contributed by atoms with van der Waals surface area (Å²) in [7, 11) is 0. The van der Waals surface area contributed by atoms with E-state index in [-0.39, 0.29) is 11.6 Å². The highest BCUT2D eigenvalue weighted by atomic mass is 32.1. The van der Waals surface area contributed by atoms with Crippen molar-refractivity contribution in [1.29, 1.82) is 0 Å². The number of aromatic nitrogens is 2. The van der Waals surface area contributed by atoms with E-state index in [0.29, 0.717) is 4.96 Å². The van der Waals surface area contributed by atoms with Crippen molar-refractivity contribution < 1.29 is 18.1 Å². The molecular weight excluding hydrogens is 285 g/mol. The third-order valence-electron chi connectivity index (χ3n) is 2.33. The second kappa shape index (κ2) is 4.68. The molecule has 10 heteroatoms. The predicted octanol–water partition coefficient (Wildman–Crippen LogP) is 3.06. The molecule has 0 bridgehead atoms. The molecule has 2 aromatic rings. The molecule has 0 saturated heterocycles. The summed E-state index contributed by atoms with van der Waals surface area (Å²) < 4.78 is 37.9. The largest absolute Gasteiger partial charge is 0.391 e. The Hall–Kier alpha value is -1.84. The van der Waals surface area contributed by atoms with Crippen molar-refractivity contribution >= 4 is 27.9 Å². The van der Waals surface area contributed by atoms with Crippen molar-refractivity contribution in [2.45, 2.75) is 25.6 Å². The summed E-state index contributed by atoms with van der Waals surface area (Å²) in [4.78, 5) is 14.6. The normalized spacial score (nSPS) is 13.7. The van der Waals surface area contributed by atoms with Crippen molar-refractivity contribution in [2.75, 3.05) is 5.32 Å². The minimum Gasteiger partial charge on any atom is -0.360 e. The first-order valence-corrected chi connectivity index (χ1v) is 6.09. The van der Waals surface area contributed by atoms with E-state index in [1.165, 1.54) is 28.9 Å². The Bertz CT molecular complexity index is 606. The van der Waals surface area contributed by atoms with Gasteiger partial charge in [-0.2, -0.15) is 22.6 Å². The zero-order chi connectivity index (χ0) is 14.2. The molecule has 19 heavy (non-hydrogen) atoms. The van der Waals surface area contributed by atoms with Gasteiger partial charge in [0.1, 0.15) is 6.20 Å². The van der Waals surface area contributed by atoms with E-state index < -0.39 is 23.6 Å². The fraction of sp³-hybridized carbons (Fsp3) is 0.444. The number of nitrogens with one attached hydrogen (secondary N) is 1. The summed E-state index contributed by atoms with van der Waals surface area (Å²) in [6.45, 7) is 1.30. The van der Waals surface area contributed by atoms with Gasteiger partial charge in [0.2, 0.25) is 5.82 Å². The van der Waals surface area contributed by atoms with Crippen molar-refractivity contribution in [3.8, 4) is 0 Å². The third kappa shape index (κ3) is 2.95. The number of halogens is 3. The number of thiazole rings is 1. The molecule has 0 amide bonds. The number of alkyl halides is 3. The van der Waals surface area contributed by atoms with E-state index in [2.05, 4.69) is 10.3 Å². The second-order valence-corrected chi connectivity index (χ2v) is 4.83. The fourth-order valence-corrected chi connectivity index (χ4v) is 2.39. The van der Waals surface area contributed by atoms with Crippen molar-refractivity contribution in [2.24, 2.45) is 0 Å². The van der Waals surface area contributed by atoms with E-state index in [0.717, 1.165) is 0 Å². The van der Waals surface area contributed by atoms with Gasteiger partial charge in [0.25, 0.3) is 4.96 Å². The summed E-state index contributed by atoms with van der Waals surface area (Å²) in [6, 6.07) is -0.997. The number of hydrogen-bond donors (Lipinski definition) is 1. The van der Waals surface area contributed by atoms with Crippen LogP contribution in [0, 0.1) is 10.1 Å². The fourth-order valence-electron chi connectivity index (χ4n) is 1.68. The molecule has 1 N–H and O–H groups in total. The molecule has 1 atom stereocenters. The number of nitro groups is 1. The Kier molecular flexibility index (Phi) is 3.35. The van der Waals surface area contributed by atoms with E-state index in [1.807, 2.05) is 0 Å². The van der Waals surface area contributed by atoms with Crippen molar-refractivity contribution in [3.05, 3.63) is 21.7 Å². The lowest BCUT2D eigenvalue weighted by Crippen LogP contribution is -2.24. The van der Waals surface area contributed by atoms with Crippen LogP contribution in [-0.4, -0.2) is 26.5 Å². The number of imidazole rings is 1. The van der Waals surface area contributed by atoms with Crippen LogP contribution in [0.3, 0.4) is 0 Å². The zero-order valence-electron chi connectivity index (χ0n) is 9.64. The summed E-state index contributed by atoms with van der Waals surface area (Å²) >= 11 is 1.17. The lowest BCUT2D eigenvalue weighted by Gasteiger charge is -2.14. The van der Waals surface area contributed by atoms with Crippen LogP contribution in [0.2, 0.25) is 0 Å². The first kappa shape index (κ1) is 13.6. The van der Waals surface area contributed by atoms with Gasteiger partial charge in [-0.3, -0.25) is 0 Å². The van der Waals surface area contributed by atoms with Crippen LogP contribution in [-0.2, 0) is 0 Å². The Balaban J connectivity index is 2.27. The van der Waals surface area contributed by atoms with E-state index in [1.54, 1.807) is 5.38 Å². The van der Waals surface area contributed by atoms with E-state index >= 15 is 0 Å². The molecule has 0 aromatic carbocycles. The Morgan fingerprint density at radius 3 is 2.89 bits per heavy atom. The summed E-state index contributed by atoms with van der Waals surface area (Å²) in [5.41, 5.74) is 0. The van der Waals surface area contributed by atoms with Crippen molar-refractivity contribution in [3.63, 3.8) is 0 Å². The molecular formula is C9H9F3N4O2S. The van der Waals surface area contributed by atoms with Crippen LogP contribution in [0.25, 0.3) is 4.96 Å². The molecule has 104 valence electrons. The highest BCUT2D eigenvalue weighted by Gasteiger charge is 2.32. The quantitative estimate of drug-likeness (QED) is 0.695. The van der Waals surface area contributed by atoms with Gasteiger partial charge < -0.3 is 15.4 Å². The standard InChI is InChI=1S/C9H9F3N4O2S/c1-5(4-9(10,11)12)13-6-7(16(17)18)15-2-3-19-8(15)14-6/h2-3,5,13H,4H2,1H3. The number of hydrogen-bond acceptors (Lipinski definition) is 5. The second-order valence-electron chi connectivity index (χ2n) is 3.96. The zero-order valence-corrected chi connectivity index (χ0v) is 10.5. The molecule has 1 unspecified atom stereocenters. The van der Waals surface area contributed by atoms with Gasteiger partial charge in [-0.05, 0) is 11.8 Å². The number of fused-ring (bicyclic) bond motifs is 1. The predicted molar refractivity (Wildman–Crippen MR) is 63.5 cm³/mol. The topological polar surface area (TPSA) is 72.5 Å². The summed E-state index contributed by atoms with van der Waals surface area (Å²) in [6.07, 6.45) is -3.97. The van der Waals surface area contributed by atoms with Gasteiger partial charge in [0.15, 0.2) is 0 Å². The summed E-state index contributed by atoms with van der Waals surface area (Å²) in [5.74, 6) is -0.501. The van der Waals surface area contributed by atoms with Crippen LogP contribution in [0.15, 0.2) is 11.6 Å². The first-order chi connectivity index (χ1) is 8.78. The Morgan fingerprint density at radius 1 is 1.63 bits per heavy atom. The third-order valence-corrected chi connectivity index (χ3v) is 3.09. The van der Waals surface area contributed by atoms with E-state index in [9.17, 15) is 23.3 Å². The molecule has 0 spiro atoms. The van der Waals surface area contributed by atoms with Gasteiger partial charge in [0.05, 0.1) is 6.42 Å². The SMILES string of the molecule is CC(CC(F)(F)F)Nc1nc2sccn2c1[N+](=O)[O-]. The average molecular weight is 294 g/mol. The monoisotopic (exact) mass is 294 g/mol. The highest BCUT2D eigenvalue weighted by Crippen LogP contribution is 2.30. The smallest absolute Gasteiger partial charge is 0.360 e. The van der Waals surface area contributed by atoms with E-state index in [4.69, 9.17) is 0 Å². The molecule has 0 fully saturated rings. The highest BCUT2D eigenvalue weighted by molar-refractivity contribution is 7.15. The minimum absolute atomic E-state index is 0.145. The average Bonchev–Trinajstić information content (AvgIpc) is 2.72. The number of rotatable bonds is 4. The lowest BCUT2D eigenvalue weighted by atomic mass is 10.2. The molecule has 0 aliphatic rings. The van der Waals surface area contributed by atoms with Crippen molar-refractivity contribution in [1.82, 2.24) is 9.38 Å². The summed E-state index contributed by atoms with van der Waals surface area (Å²) in [5, 5.41) is 15.0. The van der Waals surface area contributed by atoms with Gasteiger partial charge >= 0.3 is 12.0 Å². The maximum absolute atomic E-state index is 12.2. The molecule has 6 nitrogen and oxygen atoms in total. The molecule has 2 aromatic heterocycles. The van der Waals surface area contributed by atoms with Crippen LogP contribution >= 0.6 is 11.3 Å². The van der Waals surface area contributed by atoms with Crippen LogP contribution in [0.1, 0.15) is 13.3 Å². The van der Waals surface area contributed by atoms with Gasteiger partial charge in [-0.15, -0.1) is 0 Å². The Morgan fingerprint density at radius 2 is 2.32 bits per heavy atom. The minimum atomic E-state index is -4.34. The Labute approximate surface area is 109 Å². The number of nitrogens with zero attached hydrogens (tertiary/aromatic N) is 3. The van der Waals surface area contributed by atoms with Crippen LogP contribution in [0.5, 0.6) is 0 Å². The van der Waals surface area contributed by atoms with Crippen LogP contribution in [0.4, 0.5) is 24.8 Å². The molecule has 0 aliphatic carbocycles. The van der Waals surface area contributed by atoms with Gasteiger partial charge in [0, 0.05) is 11.4 Å². The maximum Gasteiger partial charge on any atom is 0.391 e. The molecule has 2 rings (SSSR count). The molecule has 0 saturated carbocycles. The molecule has 2 heterocycles. The van der Waals surface area contributed by atoms with Gasteiger partial charge in [-0.1, -0.05) is 11.3 Å². The van der Waals surface area contributed by atoms with Crippen LogP contribution < -0.4 is 5.32 Å². The molecule has 0 radical (unpaired) electrons. The lowest BCUT2D eigenvalue weighted by molar-refractivity contribution is -0.389.